The lowest BCUT2D eigenvalue weighted by Crippen LogP contribution is -2.37. The maximum absolute atomic E-state index is 12.1. The maximum atomic E-state index is 12.1. The highest BCUT2D eigenvalue weighted by Gasteiger charge is 2.19. The first-order valence-electron chi connectivity index (χ1n) is 8.78. The maximum Gasteiger partial charge on any atom is 0.220 e. The van der Waals surface area contributed by atoms with E-state index in [4.69, 9.17) is 4.74 Å². The van der Waals surface area contributed by atoms with Crippen LogP contribution in [0.15, 0.2) is 24.3 Å². The Labute approximate surface area is 143 Å². The van der Waals surface area contributed by atoms with Crippen molar-refractivity contribution >= 4 is 16.8 Å². The van der Waals surface area contributed by atoms with Crippen molar-refractivity contribution in [2.75, 3.05) is 20.7 Å². The van der Waals surface area contributed by atoms with Gasteiger partial charge in [-0.05, 0) is 57.1 Å². The number of carbonyl (C=O) groups is 1. The first-order chi connectivity index (χ1) is 11.7. The number of carbonyl (C=O) groups excluding carboxylic acids is 1. The van der Waals surface area contributed by atoms with Gasteiger partial charge in [-0.15, -0.1) is 0 Å². The van der Waals surface area contributed by atoms with Gasteiger partial charge in [-0.1, -0.05) is 6.42 Å². The molecule has 0 aliphatic carbocycles. The third-order valence-electron chi connectivity index (χ3n) is 4.99. The Balaban J connectivity index is 1.49. The smallest absolute Gasteiger partial charge is 0.220 e. The van der Waals surface area contributed by atoms with Crippen LogP contribution < -0.4 is 10.1 Å². The topological polar surface area (TPSA) is 57.4 Å². The van der Waals surface area contributed by atoms with E-state index in [1.807, 2.05) is 18.2 Å². The molecule has 5 heteroatoms. The second-order valence-electron chi connectivity index (χ2n) is 6.69. The van der Waals surface area contributed by atoms with Gasteiger partial charge in [0.15, 0.2) is 0 Å². The van der Waals surface area contributed by atoms with E-state index in [9.17, 15) is 4.79 Å². The van der Waals surface area contributed by atoms with Crippen LogP contribution in [0.1, 0.15) is 37.8 Å². The summed E-state index contributed by atoms with van der Waals surface area (Å²) < 4.78 is 5.24. The molecule has 1 atom stereocenters. The van der Waals surface area contributed by atoms with Gasteiger partial charge < -0.3 is 19.9 Å². The molecule has 1 aliphatic heterocycles. The summed E-state index contributed by atoms with van der Waals surface area (Å²) in [6.07, 6.45) is 5.34. The van der Waals surface area contributed by atoms with Crippen molar-refractivity contribution in [1.82, 2.24) is 15.2 Å². The molecule has 2 heterocycles. The Kier molecular flexibility index (Phi) is 5.41. The summed E-state index contributed by atoms with van der Waals surface area (Å²) in [5.41, 5.74) is 2.07. The number of hydrogen-bond acceptors (Lipinski definition) is 3. The molecular weight excluding hydrogens is 302 g/mol. The van der Waals surface area contributed by atoms with E-state index < -0.39 is 0 Å². The molecule has 0 radical (unpaired) electrons. The molecule has 1 amide bonds. The lowest BCUT2D eigenvalue weighted by molar-refractivity contribution is -0.121. The Bertz CT molecular complexity index is 695. The number of H-pyrrole nitrogens is 1. The second-order valence-corrected chi connectivity index (χ2v) is 6.69. The van der Waals surface area contributed by atoms with E-state index in [1.165, 1.54) is 19.3 Å². The molecule has 2 aromatic rings. The van der Waals surface area contributed by atoms with Crippen LogP contribution in [-0.2, 0) is 11.3 Å². The Morgan fingerprint density at radius 2 is 2.25 bits per heavy atom. The zero-order chi connectivity index (χ0) is 16.9. The van der Waals surface area contributed by atoms with E-state index in [0.717, 1.165) is 35.3 Å². The number of nitrogens with zero attached hydrogens (tertiary/aromatic N) is 1. The van der Waals surface area contributed by atoms with Gasteiger partial charge in [0.25, 0.3) is 0 Å². The molecule has 1 fully saturated rings. The number of piperidine rings is 1. The summed E-state index contributed by atoms with van der Waals surface area (Å²) >= 11 is 0. The molecule has 130 valence electrons. The number of aromatic amines is 1. The van der Waals surface area contributed by atoms with Crippen LogP contribution >= 0.6 is 0 Å². The molecule has 0 saturated carbocycles. The van der Waals surface area contributed by atoms with E-state index in [1.54, 1.807) is 7.11 Å². The Morgan fingerprint density at radius 1 is 1.38 bits per heavy atom. The number of fused-ring (bicyclic) bond motifs is 1. The second kappa shape index (κ2) is 7.71. The number of hydrogen-bond donors (Lipinski definition) is 2. The minimum absolute atomic E-state index is 0.130. The van der Waals surface area contributed by atoms with E-state index >= 15 is 0 Å². The highest BCUT2D eigenvalue weighted by atomic mass is 16.5. The molecule has 24 heavy (non-hydrogen) atoms. The van der Waals surface area contributed by atoms with E-state index in [-0.39, 0.29) is 5.91 Å². The fourth-order valence-corrected chi connectivity index (χ4v) is 3.48. The highest BCUT2D eigenvalue weighted by Crippen LogP contribution is 2.21. The summed E-state index contributed by atoms with van der Waals surface area (Å²) in [5, 5.41) is 4.12. The molecular formula is C19H27N3O2. The third-order valence-corrected chi connectivity index (χ3v) is 4.99. The largest absolute Gasteiger partial charge is 0.497 e. The normalized spacial score (nSPS) is 18.7. The summed E-state index contributed by atoms with van der Waals surface area (Å²) in [6.45, 7) is 1.70. The highest BCUT2D eigenvalue weighted by molar-refractivity contribution is 5.82. The molecule has 1 aromatic heterocycles. The van der Waals surface area contributed by atoms with Crippen molar-refractivity contribution in [3.63, 3.8) is 0 Å². The van der Waals surface area contributed by atoms with Gasteiger partial charge in [0.2, 0.25) is 5.91 Å². The average molecular weight is 329 g/mol. The number of methoxy groups -OCH3 is 1. The van der Waals surface area contributed by atoms with Gasteiger partial charge in [0, 0.05) is 29.1 Å². The number of benzene rings is 1. The molecule has 2 N–H and O–H groups in total. The zero-order valence-electron chi connectivity index (χ0n) is 14.6. The van der Waals surface area contributed by atoms with Crippen LogP contribution in [0.4, 0.5) is 0 Å². The zero-order valence-corrected chi connectivity index (χ0v) is 14.6. The number of likely N-dealkylation sites (tertiary alicyclic amines) is 1. The van der Waals surface area contributed by atoms with Gasteiger partial charge >= 0.3 is 0 Å². The van der Waals surface area contributed by atoms with Crippen LogP contribution in [0.2, 0.25) is 0 Å². The monoisotopic (exact) mass is 329 g/mol. The summed E-state index contributed by atoms with van der Waals surface area (Å²) in [7, 11) is 3.83. The molecule has 0 spiro atoms. The summed E-state index contributed by atoms with van der Waals surface area (Å²) in [4.78, 5) is 17.8. The van der Waals surface area contributed by atoms with Crippen molar-refractivity contribution in [2.45, 2.75) is 44.7 Å². The third kappa shape index (κ3) is 4.09. The Morgan fingerprint density at radius 3 is 3.04 bits per heavy atom. The number of ether oxygens (including phenoxy) is 1. The van der Waals surface area contributed by atoms with Gasteiger partial charge in [-0.2, -0.15) is 0 Å². The predicted octanol–water partition coefficient (Wildman–Crippen LogP) is 3.06. The average Bonchev–Trinajstić information content (AvgIpc) is 3.01. The molecule has 0 bridgehead atoms. The molecule has 5 nitrogen and oxygen atoms in total. The van der Waals surface area contributed by atoms with Crippen LogP contribution in [0.3, 0.4) is 0 Å². The molecule has 3 rings (SSSR count). The van der Waals surface area contributed by atoms with Crippen LogP contribution in [0.25, 0.3) is 10.9 Å². The van der Waals surface area contributed by atoms with Crippen molar-refractivity contribution in [3.8, 4) is 5.75 Å². The van der Waals surface area contributed by atoms with Gasteiger partial charge in [0.05, 0.1) is 13.7 Å². The number of rotatable bonds is 6. The predicted molar refractivity (Wildman–Crippen MR) is 96.2 cm³/mol. The number of aromatic nitrogens is 1. The fourth-order valence-electron chi connectivity index (χ4n) is 3.48. The van der Waals surface area contributed by atoms with E-state index in [0.29, 0.717) is 19.0 Å². The van der Waals surface area contributed by atoms with Crippen LogP contribution in [0.5, 0.6) is 5.75 Å². The van der Waals surface area contributed by atoms with Crippen molar-refractivity contribution < 1.29 is 9.53 Å². The number of nitrogens with one attached hydrogen (secondary N) is 2. The molecule has 1 aliphatic rings. The lowest BCUT2D eigenvalue weighted by atomic mass is 9.98. The minimum Gasteiger partial charge on any atom is -0.497 e. The van der Waals surface area contributed by atoms with Gasteiger partial charge in [-0.25, -0.2) is 0 Å². The fraction of sp³-hybridized carbons (Fsp3) is 0.526. The van der Waals surface area contributed by atoms with Crippen molar-refractivity contribution in [1.29, 1.82) is 0 Å². The van der Waals surface area contributed by atoms with Crippen LogP contribution in [-0.4, -0.2) is 42.5 Å². The quantitative estimate of drug-likeness (QED) is 0.856. The van der Waals surface area contributed by atoms with Gasteiger partial charge in [-0.3, -0.25) is 4.79 Å². The van der Waals surface area contributed by atoms with Crippen molar-refractivity contribution in [3.05, 3.63) is 30.0 Å². The molecule has 1 aromatic carbocycles. The summed E-state index contributed by atoms with van der Waals surface area (Å²) in [5.74, 6) is 0.971. The van der Waals surface area contributed by atoms with E-state index in [2.05, 4.69) is 28.3 Å². The minimum atomic E-state index is 0.130. The van der Waals surface area contributed by atoms with Crippen molar-refractivity contribution in [2.24, 2.45) is 0 Å². The van der Waals surface area contributed by atoms with Gasteiger partial charge in [0.1, 0.15) is 5.75 Å². The number of amides is 1. The SMILES string of the molecule is COc1ccc2[nH]c(CNC(=O)CC[C@H]3CCCCN3C)cc2c1. The first kappa shape index (κ1) is 16.8. The first-order valence-corrected chi connectivity index (χ1v) is 8.78. The Hall–Kier alpha value is -2.01. The molecule has 0 unspecified atom stereocenters. The summed E-state index contributed by atoms with van der Waals surface area (Å²) in [6, 6.07) is 8.55. The molecule has 1 saturated heterocycles. The standard InChI is InChI=1S/C19H27N3O2/c1-22-10-4-3-5-16(22)6-9-19(23)20-13-15-11-14-12-17(24-2)7-8-18(14)21-15/h7-8,11-12,16,21H,3-6,9-10,13H2,1-2H3,(H,20,23)/t16-/m1/s1. The lowest BCUT2D eigenvalue weighted by Gasteiger charge is -2.32. The van der Waals surface area contributed by atoms with Crippen LogP contribution in [0, 0.1) is 0 Å².